The van der Waals surface area contributed by atoms with E-state index in [-0.39, 0.29) is 17.7 Å². The van der Waals surface area contributed by atoms with Crippen molar-refractivity contribution in [3.05, 3.63) is 53.6 Å². The van der Waals surface area contributed by atoms with Gasteiger partial charge in [-0.2, -0.15) is 5.10 Å². The molecular weight excluding hydrogens is 346 g/mol. The molecule has 2 aromatic carbocycles. The van der Waals surface area contributed by atoms with E-state index in [0.29, 0.717) is 29.2 Å². The number of methoxy groups -OCH3 is 2. The maximum atomic E-state index is 12.5. The van der Waals surface area contributed by atoms with Crippen molar-refractivity contribution in [1.29, 1.82) is 0 Å². The lowest BCUT2D eigenvalue weighted by Gasteiger charge is -2.19. The molecule has 2 amide bonds. The highest BCUT2D eigenvalue weighted by Gasteiger charge is 2.21. The molecule has 1 unspecified atom stereocenters. The smallest absolute Gasteiger partial charge is 0.255 e. The Labute approximate surface area is 157 Å². The third-order valence-corrected chi connectivity index (χ3v) is 4.34. The molecule has 2 aromatic rings. The number of nitrogens with one attached hydrogen (secondary N) is 2. The molecule has 27 heavy (non-hydrogen) atoms. The number of amides is 2. The number of ether oxygens (including phenoxy) is 2. The second kappa shape index (κ2) is 7.90. The Morgan fingerprint density at radius 3 is 2.44 bits per heavy atom. The third kappa shape index (κ3) is 4.08. The molecule has 0 saturated carbocycles. The van der Waals surface area contributed by atoms with Gasteiger partial charge in [0.1, 0.15) is 0 Å². The van der Waals surface area contributed by atoms with Crippen LogP contribution in [-0.2, 0) is 4.79 Å². The summed E-state index contributed by atoms with van der Waals surface area (Å²) in [5.41, 5.74) is 5.36. The summed E-state index contributed by atoms with van der Waals surface area (Å²) in [4.78, 5) is 23.8. The van der Waals surface area contributed by atoms with E-state index in [2.05, 4.69) is 15.8 Å². The van der Waals surface area contributed by atoms with Crippen LogP contribution in [0.1, 0.15) is 29.3 Å². The number of carbonyl (C=O) groups excluding carboxylic acids is 2. The predicted octanol–water partition coefficient (Wildman–Crippen LogP) is 2.82. The van der Waals surface area contributed by atoms with Crippen molar-refractivity contribution in [2.75, 3.05) is 19.5 Å². The molecular formula is C20H21N3O4. The number of hydrogen-bond donors (Lipinski definition) is 2. The summed E-state index contributed by atoms with van der Waals surface area (Å²) in [6.45, 7) is 1.96. The standard InChI is InChI=1S/C20H21N3O4/c1-12-10-18(24)22-23-19(12)13-4-7-15(8-5-13)21-20(25)14-6-9-16(26-2)17(11-14)27-3/h4-9,11-12H,10H2,1-3H3,(H,21,25)(H,22,24). The van der Waals surface area contributed by atoms with Crippen molar-refractivity contribution in [3.63, 3.8) is 0 Å². The van der Waals surface area contributed by atoms with Gasteiger partial charge < -0.3 is 14.8 Å². The molecule has 0 fully saturated rings. The van der Waals surface area contributed by atoms with Gasteiger partial charge in [-0.1, -0.05) is 19.1 Å². The van der Waals surface area contributed by atoms with Crippen LogP contribution in [-0.4, -0.2) is 31.7 Å². The largest absolute Gasteiger partial charge is 0.493 e. The summed E-state index contributed by atoms with van der Waals surface area (Å²) in [7, 11) is 3.07. The average Bonchev–Trinajstić information content (AvgIpc) is 2.68. The molecule has 0 aromatic heterocycles. The normalized spacial score (nSPS) is 16.2. The monoisotopic (exact) mass is 367 g/mol. The lowest BCUT2D eigenvalue weighted by molar-refractivity contribution is -0.121. The first-order valence-electron chi connectivity index (χ1n) is 8.52. The van der Waals surface area contributed by atoms with Crippen LogP contribution in [0.3, 0.4) is 0 Å². The van der Waals surface area contributed by atoms with E-state index < -0.39 is 0 Å². The Bertz CT molecular complexity index is 891. The van der Waals surface area contributed by atoms with Crippen LogP contribution in [0, 0.1) is 5.92 Å². The van der Waals surface area contributed by atoms with Crippen LogP contribution in [0.4, 0.5) is 5.69 Å². The van der Waals surface area contributed by atoms with E-state index in [1.165, 1.54) is 7.11 Å². The number of hydrogen-bond acceptors (Lipinski definition) is 5. The van der Waals surface area contributed by atoms with Crippen LogP contribution in [0.5, 0.6) is 11.5 Å². The lowest BCUT2D eigenvalue weighted by atomic mass is 9.94. The second-order valence-electron chi connectivity index (χ2n) is 6.24. The van der Waals surface area contributed by atoms with Crippen molar-refractivity contribution in [2.45, 2.75) is 13.3 Å². The van der Waals surface area contributed by atoms with Crippen LogP contribution in [0.2, 0.25) is 0 Å². The fourth-order valence-electron chi connectivity index (χ4n) is 2.91. The highest BCUT2D eigenvalue weighted by molar-refractivity contribution is 6.07. The van der Waals surface area contributed by atoms with Crippen molar-refractivity contribution in [3.8, 4) is 11.5 Å². The first kappa shape index (κ1) is 18.4. The van der Waals surface area contributed by atoms with Gasteiger partial charge in [-0.05, 0) is 35.9 Å². The zero-order valence-corrected chi connectivity index (χ0v) is 15.4. The maximum absolute atomic E-state index is 12.5. The van der Waals surface area contributed by atoms with Crippen LogP contribution < -0.4 is 20.2 Å². The van der Waals surface area contributed by atoms with Gasteiger partial charge >= 0.3 is 0 Å². The first-order chi connectivity index (χ1) is 13.0. The second-order valence-corrected chi connectivity index (χ2v) is 6.24. The van der Waals surface area contributed by atoms with Crippen molar-refractivity contribution < 1.29 is 19.1 Å². The van der Waals surface area contributed by atoms with E-state index in [9.17, 15) is 9.59 Å². The highest BCUT2D eigenvalue weighted by atomic mass is 16.5. The summed E-state index contributed by atoms with van der Waals surface area (Å²) >= 11 is 0. The molecule has 140 valence electrons. The summed E-state index contributed by atoms with van der Waals surface area (Å²) in [5, 5.41) is 6.99. The van der Waals surface area contributed by atoms with Gasteiger partial charge in [-0.15, -0.1) is 0 Å². The van der Waals surface area contributed by atoms with Gasteiger partial charge in [0.05, 0.1) is 19.9 Å². The quantitative estimate of drug-likeness (QED) is 0.850. The molecule has 7 heteroatoms. The molecule has 0 spiro atoms. The fraction of sp³-hybridized carbons (Fsp3) is 0.250. The van der Waals surface area contributed by atoms with E-state index in [1.54, 1.807) is 37.4 Å². The van der Waals surface area contributed by atoms with Crippen LogP contribution in [0.15, 0.2) is 47.6 Å². The molecule has 0 saturated heterocycles. The fourth-order valence-corrected chi connectivity index (χ4v) is 2.91. The summed E-state index contributed by atoms with van der Waals surface area (Å²) in [6, 6.07) is 12.3. The predicted molar refractivity (Wildman–Crippen MR) is 102 cm³/mol. The Kier molecular flexibility index (Phi) is 5.40. The Morgan fingerprint density at radius 1 is 1.11 bits per heavy atom. The highest BCUT2D eigenvalue weighted by Crippen LogP contribution is 2.28. The van der Waals surface area contributed by atoms with Gasteiger partial charge in [0.2, 0.25) is 5.91 Å². The molecule has 3 rings (SSSR count). The van der Waals surface area contributed by atoms with Gasteiger partial charge in [-0.25, -0.2) is 5.43 Å². The van der Waals surface area contributed by atoms with Crippen molar-refractivity contribution in [1.82, 2.24) is 5.43 Å². The molecule has 1 aliphatic rings. The number of rotatable bonds is 5. The molecule has 2 N–H and O–H groups in total. The molecule has 1 aliphatic heterocycles. The minimum atomic E-state index is -0.251. The summed E-state index contributed by atoms with van der Waals surface area (Å²) in [5.74, 6) is 0.773. The van der Waals surface area contributed by atoms with E-state index in [0.717, 1.165) is 11.3 Å². The average molecular weight is 367 g/mol. The Morgan fingerprint density at radius 2 is 1.81 bits per heavy atom. The van der Waals surface area contributed by atoms with Gasteiger partial charge in [0.25, 0.3) is 5.91 Å². The molecule has 0 aliphatic carbocycles. The number of benzene rings is 2. The zero-order valence-electron chi connectivity index (χ0n) is 15.4. The minimum absolute atomic E-state index is 0.0472. The minimum Gasteiger partial charge on any atom is -0.493 e. The molecule has 1 atom stereocenters. The number of anilines is 1. The first-order valence-corrected chi connectivity index (χ1v) is 8.52. The number of nitrogens with zero attached hydrogens (tertiary/aromatic N) is 1. The third-order valence-electron chi connectivity index (χ3n) is 4.34. The van der Waals surface area contributed by atoms with Crippen molar-refractivity contribution >= 4 is 23.2 Å². The van der Waals surface area contributed by atoms with Gasteiger partial charge in [0, 0.05) is 23.6 Å². The van der Waals surface area contributed by atoms with Crippen LogP contribution in [0.25, 0.3) is 0 Å². The maximum Gasteiger partial charge on any atom is 0.255 e. The summed E-state index contributed by atoms with van der Waals surface area (Å²) < 4.78 is 10.4. The summed E-state index contributed by atoms with van der Waals surface area (Å²) in [6.07, 6.45) is 0.413. The van der Waals surface area contributed by atoms with E-state index in [1.807, 2.05) is 19.1 Å². The SMILES string of the molecule is COc1ccc(C(=O)Nc2ccc(C3=NNC(=O)CC3C)cc2)cc1OC. The van der Waals surface area contributed by atoms with E-state index >= 15 is 0 Å². The Balaban J connectivity index is 1.73. The van der Waals surface area contributed by atoms with Gasteiger partial charge in [-0.3, -0.25) is 9.59 Å². The molecule has 7 nitrogen and oxygen atoms in total. The topological polar surface area (TPSA) is 89.0 Å². The number of hydrazone groups is 1. The van der Waals surface area contributed by atoms with Crippen molar-refractivity contribution in [2.24, 2.45) is 11.0 Å². The molecule has 0 radical (unpaired) electrons. The Hall–Kier alpha value is -3.35. The number of carbonyl (C=O) groups is 2. The van der Waals surface area contributed by atoms with Crippen LogP contribution >= 0.6 is 0 Å². The van der Waals surface area contributed by atoms with E-state index in [4.69, 9.17) is 9.47 Å². The zero-order chi connectivity index (χ0) is 19.4. The lowest BCUT2D eigenvalue weighted by Crippen LogP contribution is -2.31. The molecule has 0 bridgehead atoms. The molecule has 1 heterocycles. The van der Waals surface area contributed by atoms with Gasteiger partial charge in [0.15, 0.2) is 11.5 Å².